The zero-order valence-electron chi connectivity index (χ0n) is 16.7. The summed E-state index contributed by atoms with van der Waals surface area (Å²) in [4.78, 5) is 61.3. The van der Waals surface area contributed by atoms with Gasteiger partial charge in [0.25, 0.3) is 5.56 Å². The molecule has 1 aliphatic rings. The van der Waals surface area contributed by atoms with E-state index in [1.54, 1.807) is 0 Å². The number of nitrogens with zero attached hydrogens (tertiary/aromatic N) is 1. The third kappa shape index (κ3) is 7.00. The number of hydrogen-bond donors (Lipinski definition) is 7. The average molecular weight is 554 g/mol. The van der Waals surface area contributed by atoms with Gasteiger partial charge in [-0.1, -0.05) is 11.8 Å². The van der Waals surface area contributed by atoms with E-state index in [2.05, 4.69) is 13.1 Å². The molecule has 0 saturated carbocycles. The molecule has 17 nitrogen and oxygen atoms in total. The highest BCUT2D eigenvalue weighted by Gasteiger charge is 2.57. The van der Waals surface area contributed by atoms with Crippen LogP contribution < -0.4 is 11.2 Å². The van der Waals surface area contributed by atoms with Gasteiger partial charge in [0.2, 0.25) is 0 Å². The van der Waals surface area contributed by atoms with Crippen molar-refractivity contribution in [2.75, 3.05) is 13.3 Å². The van der Waals surface area contributed by atoms with Crippen LogP contribution in [-0.2, 0) is 31.6 Å². The first-order chi connectivity index (χ1) is 15.4. The second-order valence-electron chi connectivity index (χ2n) is 6.57. The van der Waals surface area contributed by atoms with E-state index in [0.29, 0.717) is 4.57 Å². The van der Waals surface area contributed by atoms with Gasteiger partial charge in [0.05, 0.1) is 6.61 Å². The van der Waals surface area contributed by atoms with Crippen LogP contribution in [0.3, 0.4) is 0 Å². The normalized spacial score (nSPS) is 28.5. The van der Waals surface area contributed by atoms with Crippen molar-refractivity contribution in [2.24, 2.45) is 0 Å². The SMILES string of the molecule is Cc1cc(=O)[nH]c(=O)n1[C@@H]1O[C@H](COP(=O)(O)OP(=O)(O)OP(=O)(O)O)[C@H](O)C1(O)C#CCF. The molecule has 1 saturated heterocycles. The fourth-order valence-electron chi connectivity index (χ4n) is 2.86. The first kappa shape index (κ1) is 28.7. The van der Waals surface area contributed by atoms with E-state index in [4.69, 9.17) is 19.4 Å². The molecule has 7 N–H and O–H groups in total. The molecule has 2 rings (SSSR count). The fraction of sp³-hybridized carbons (Fsp3) is 0.538. The highest BCUT2D eigenvalue weighted by molar-refractivity contribution is 7.66. The minimum absolute atomic E-state index is 0.0973. The van der Waals surface area contributed by atoms with Crippen LogP contribution in [0.2, 0.25) is 0 Å². The Hall–Kier alpha value is -1.54. The van der Waals surface area contributed by atoms with Crippen LogP contribution in [0.25, 0.3) is 0 Å². The van der Waals surface area contributed by atoms with Gasteiger partial charge in [-0.3, -0.25) is 18.9 Å². The molecule has 192 valence electrons. The van der Waals surface area contributed by atoms with Crippen molar-refractivity contribution in [1.29, 1.82) is 0 Å². The lowest BCUT2D eigenvalue weighted by atomic mass is 9.94. The first-order valence-electron chi connectivity index (χ1n) is 8.63. The van der Waals surface area contributed by atoms with Crippen LogP contribution in [0, 0.1) is 18.8 Å². The number of aliphatic hydroxyl groups excluding tert-OH is 1. The topological polar surface area (TPSA) is 264 Å². The molecule has 34 heavy (non-hydrogen) atoms. The summed E-state index contributed by atoms with van der Waals surface area (Å²) in [5, 5.41) is 21.3. The Kier molecular flexibility index (Phi) is 8.62. The van der Waals surface area contributed by atoms with Crippen molar-refractivity contribution in [3.8, 4) is 11.8 Å². The molecular formula is C13H18FN2O15P3. The van der Waals surface area contributed by atoms with Gasteiger partial charge in [-0.2, -0.15) is 8.62 Å². The van der Waals surface area contributed by atoms with E-state index in [-0.39, 0.29) is 5.69 Å². The lowest BCUT2D eigenvalue weighted by Gasteiger charge is -2.27. The number of phosphoric acid groups is 3. The highest BCUT2D eigenvalue weighted by Crippen LogP contribution is 2.66. The Bertz CT molecular complexity index is 1250. The number of alkyl halides is 1. The molecule has 0 amide bonds. The van der Waals surface area contributed by atoms with Gasteiger partial charge in [0.15, 0.2) is 11.8 Å². The van der Waals surface area contributed by atoms with E-state index in [1.807, 2.05) is 16.8 Å². The Balaban J connectivity index is 2.32. The summed E-state index contributed by atoms with van der Waals surface area (Å²) in [7, 11) is -17.1. The minimum atomic E-state index is -5.83. The zero-order chi connectivity index (χ0) is 26.1. The first-order valence-corrected chi connectivity index (χ1v) is 13.2. The van der Waals surface area contributed by atoms with Crippen molar-refractivity contribution < 1.29 is 65.8 Å². The Labute approximate surface area is 188 Å². The summed E-state index contributed by atoms with van der Waals surface area (Å²) in [6.45, 7) is -1.26. The number of ether oxygens (including phenoxy) is 1. The molecule has 0 aromatic carbocycles. The quantitative estimate of drug-likeness (QED) is 0.137. The van der Waals surface area contributed by atoms with Gasteiger partial charge in [0, 0.05) is 11.8 Å². The minimum Gasteiger partial charge on any atom is -0.386 e. The fourth-order valence-corrected chi connectivity index (χ4v) is 5.89. The largest absolute Gasteiger partial charge is 0.490 e. The maximum absolute atomic E-state index is 12.6. The van der Waals surface area contributed by atoms with Crippen molar-refractivity contribution in [1.82, 2.24) is 9.55 Å². The maximum Gasteiger partial charge on any atom is 0.490 e. The standard InChI is InChI=1S/C13H18FN2O15P3/c1-7-5-9(17)15-12(19)16(7)11-13(20,3-2-4-14)10(18)8(29-11)6-28-33(24,25)31-34(26,27)30-32(21,22)23/h5,8,10-11,18,20H,4,6H2,1H3,(H,24,25)(H,26,27)(H,15,17,19)(H2,21,22,23)/t8-,10+,11-,13?/m1/s1. The summed E-state index contributed by atoms with van der Waals surface area (Å²) in [6.07, 6.45) is -5.91. The number of aryl methyl sites for hydroxylation is 1. The average Bonchev–Trinajstić information content (AvgIpc) is 2.86. The van der Waals surface area contributed by atoms with Gasteiger partial charge in [-0.25, -0.2) is 22.9 Å². The number of aromatic nitrogens is 2. The van der Waals surface area contributed by atoms with Crippen LogP contribution in [-0.4, -0.2) is 70.4 Å². The van der Waals surface area contributed by atoms with Crippen LogP contribution in [0.1, 0.15) is 11.9 Å². The predicted molar refractivity (Wildman–Crippen MR) is 104 cm³/mol. The molecule has 1 aromatic rings. The van der Waals surface area contributed by atoms with E-state index in [1.165, 1.54) is 6.92 Å². The third-order valence-electron chi connectivity index (χ3n) is 4.06. The monoisotopic (exact) mass is 554 g/mol. The molecule has 1 aliphatic heterocycles. The van der Waals surface area contributed by atoms with Crippen molar-refractivity contribution in [3.05, 3.63) is 32.6 Å². The molecule has 2 heterocycles. The van der Waals surface area contributed by atoms with E-state index in [0.717, 1.165) is 6.07 Å². The van der Waals surface area contributed by atoms with E-state index in [9.17, 15) is 42.8 Å². The molecule has 0 aliphatic carbocycles. The van der Waals surface area contributed by atoms with Crippen LogP contribution in [0.15, 0.2) is 15.7 Å². The van der Waals surface area contributed by atoms with Crippen molar-refractivity contribution in [2.45, 2.75) is 31.0 Å². The number of aliphatic hydroxyl groups is 2. The summed E-state index contributed by atoms with van der Waals surface area (Å²) in [6, 6.07) is 0.916. The summed E-state index contributed by atoms with van der Waals surface area (Å²) in [5.41, 5.74) is -4.78. The summed E-state index contributed by atoms with van der Waals surface area (Å²) >= 11 is 0. The van der Waals surface area contributed by atoms with Crippen LogP contribution in [0.4, 0.5) is 4.39 Å². The predicted octanol–water partition coefficient (Wildman–Crippen LogP) is -1.85. The summed E-state index contributed by atoms with van der Waals surface area (Å²) in [5.74, 6) is 3.79. The maximum atomic E-state index is 12.6. The third-order valence-corrected chi connectivity index (χ3v) is 7.86. The van der Waals surface area contributed by atoms with Crippen molar-refractivity contribution in [3.63, 3.8) is 0 Å². The zero-order valence-corrected chi connectivity index (χ0v) is 19.4. The number of nitrogens with one attached hydrogen (secondary N) is 1. The lowest BCUT2D eigenvalue weighted by molar-refractivity contribution is -0.0772. The number of phosphoric ester groups is 1. The Morgan fingerprint density at radius 2 is 1.82 bits per heavy atom. The number of rotatable bonds is 8. The van der Waals surface area contributed by atoms with Gasteiger partial charge in [0.1, 0.15) is 18.9 Å². The van der Waals surface area contributed by atoms with E-state index >= 15 is 0 Å². The van der Waals surface area contributed by atoms with Crippen LogP contribution in [0.5, 0.6) is 0 Å². The molecule has 3 unspecified atom stereocenters. The number of aromatic amines is 1. The number of halogens is 1. The smallest absolute Gasteiger partial charge is 0.386 e. The molecule has 1 fully saturated rings. The highest BCUT2D eigenvalue weighted by atomic mass is 31.3. The second-order valence-corrected chi connectivity index (χ2v) is 11.0. The molecule has 0 bridgehead atoms. The number of hydrogen-bond acceptors (Lipinski definition) is 11. The summed E-state index contributed by atoms with van der Waals surface area (Å²) < 4.78 is 63.9. The molecule has 1 aromatic heterocycles. The van der Waals surface area contributed by atoms with Gasteiger partial charge < -0.3 is 34.5 Å². The van der Waals surface area contributed by atoms with E-state index < -0.39 is 72.0 Å². The molecule has 21 heteroatoms. The molecule has 0 spiro atoms. The van der Waals surface area contributed by atoms with Crippen molar-refractivity contribution >= 4 is 23.5 Å². The second kappa shape index (κ2) is 10.2. The van der Waals surface area contributed by atoms with Crippen LogP contribution >= 0.6 is 23.5 Å². The molecule has 0 radical (unpaired) electrons. The Morgan fingerprint density at radius 1 is 1.21 bits per heavy atom. The van der Waals surface area contributed by atoms with Gasteiger partial charge in [-0.15, -0.1) is 0 Å². The van der Waals surface area contributed by atoms with Gasteiger partial charge >= 0.3 is 29.2 Å². The van der Waals surface area contributed by atoms with Gasteiger partial charge in [-0.05, 0) is 6.92 Å². The molecular weight excluding hydrogens is 536 g/mol. The number of H-pyrrole nitrogens is 1. The Morgan fingerprint density at radius 3 is 2.35 bits per heavy atom. The lowest BCUT2D eigenvalue weighted by Crippen LogP contribution is -2.49. The molecule has 6 atom stereocenters.